The lowest BCUT2D eigenvalue weighted by molar-refractivity contribution is -0.118. The SMILES string of the molecule is CC.CN1C(=O)CCc2ccccc21.COC. The van der Waals surface area contributed by atoms with Gasteiger partial charge in [-0.2, -0.15) is 0 Å². The van der Waals surface area contributed by atoms with E-state index in [-0.39, 0.29) is 5.91 Å². The van der Waals surface area contributed by atoms with Crippen LogP contribution in [0, 0.1) is 0 Å². The summed E-state index contributed by atoms with van der Waals surface area (Å²) >= 11 is 0. The van der Waals surface area contributed by atoms with Crippen LogP contribution in [0.3, 0.4) is 0 Å². The molecule has 0 bridgehead atoms. The van der Waals surface area contributed by atoms with Gasteiger partial charge in [0.1, 0.15) is 0 Å². The van der Waals surface area contributed by atoms with Crippen LogP contribution in [0.15, 0.2) is 24.3 Å². The Hall–Kier alpha value is -1.35. The molecule has 0 aliphatic carbocycles. The Balaban J connectivity index is 0.000000450. The zero-order valence-corrected chi connectivity index (χ0v) is 11.5. The zero-order valence-electron chi connectivity index (χ0n) is 11.5. The molecule has 1 aliphatic heterocycles. The van der Waals surface area contributed by atoms with Crippen LogP contribution in [0.25, 0.3) is 0 Å². The summed E-state index contributed by atoms with van der Waals surface area (Å²) < 4.78 is 4.25. The average Bonchev–Trinajstić information content (AvgIpc) is 2.38. The summed E-state index contributed by atoms with van der Waals surface area (Å²) in [7, 11) is 5.08. The van der Waals surface area contributed by atoms with Crippen molar-refractivity contribution in [1.82, 2.24) is 0 Å². The minimum atomic E-state index is 0.216. The van der Waals surface area contributed by atoms with Crippen molar-refractivity contribution in [1.29, 1.82) is 0 Å². The first-order valence-electron chi connectivity index (χ1n) is 5.95. The molecule has 1 aromatic carbocycles. The smallest absolute Gasteiger partial charge is 0.227 e. The van der Waals surface area contributed by atoms with Gasteiger partial charge in [0.25, 0.3) is 0 Å². The maximum Gasteiger partial charge on any atom is 0.227 e. The van der Waals surface area contributed by atoms with E-state index in [4.69, 9.17) is 0 Å². The van der Waals surface area contributed by atoms with E-state index >= 15 is 0 Å². The number of amides is 1. The lowest BCUT2D eigenvalue weighted by Gasteiger charge is -2.25. The highest BCUT2D eigenvalue weighted by Gasteiger charge is 2.19. The molecule has 0 radical (unpaired) electrons. The van der Waals surface area contributed by atoms with Gasteiger partial charge in [-0.05, 0) is 18.1 Å². The molecule has 1 amide bonds. The molecular formula is C14H23NO2. The number of ether oxygens (including phenoxy) is 1. The maximum atomic E-state index is 11.3. The third kappa shape index (κ3) is 4.57. The molecule has 1 aliphatic rings. The van der Waals surface area contributed by atoms with Gasteiger partial charge in [-0.1, -0.05) is 32.0 Å². The van der Waals surface area contributed by atoms with Crippen molar-refractivity contribution in [2.75, 3.05) is 26.2 Å². The second-order valence-corrected chi connectivity index (χ2v) is 3.49. The quantitative estimate of drug-likeness (QED) is 0.694. The first-order chi connectivity index (χ1) is 8.20. The van der Waals surface area contributed by atoms with Crippen LogP contribution in [-0.4, -0.2) is 27.2 Å². The molecule has 0 aromatic heterocycles. The fourth-order valence-electron chi connectivity index (χ4n) is 1.59. The second kappa shape index (κ2) is 8.76. The van der Waals surface area contributed by atoms with Gasteiger partial charge in [-0.3, -0.25) is 4.79 Å². The predicted octanol–water partition coefficient (Wildman–Crippen LogP) is 2.88. The van der Waals surface area contributed by atoms with E-state index in [9.17, 15) is 4.79 Å². The minimum Gasteiger partial charge on any atom is -0.388 e. The summed E-state index contributed by atoms with van der Waals surface area (Å²) in [6.45, 7) is 4.00. The molecule has 0 N–H and O–H groups in total. The van der Waals surface area contributed by atoms with Crippen molar-refractivity contribution in [2.24, 2.45) is 0 Å². The fraction of sp³-hybridized carbons (Fsp3) is 0.500. The lowest BCUT2D eigenvalue weighted by atomic mass is 10.0. The molecule has 1 aromatic rings. The first kappa shape index (κ1) is 15.7. The molecule has 0 spiro atoms. The first-order valence-corrected chi connectivity index (χ1v) is 5.95. The van der Waals surface area contributed by atoms with Gasteiger partial charge >= 0.3 is 0 Å². The molecule has 3 heteroatoms. The van der Waals surface area contributed by atoms with Gasteiger partial charge in [0, 0.05) is 33.4 Å². The largest absolute Gasteiger partial charge is 0.388 e. The summed E-state index contributed by atoms with van der Waals surface area (Å²) in [6.07, 6.45) is 1.53. The van der Waals surface area contributed by atoms with Crippen LogP contribution in [-0.2, 0) is 16.0 Å². The maximum absolute atomic E-state index is 11.3. The van der Waals surface area contributed by atoms with Crippen LogP contribution in [0.1, 0.15) is 25.8 Å². The summed E-state index contributed by atoms with van der Waals surface area (Å²) in [6, 6.07) is 8.06. The lowest BCUT2D eigenvalue weighted by Crippen LogP contribution is -2.30. The third-order valence-electron chi connectivity index (χ3n) is 2.34. The van der Waals surface area contributed by atoms with Crippen LogP contribution < -0.4 is 4.90 Å². The predicted molar refractivity (Wildman–Crippen MR) is 72.5 cm³/mol. The number of benzene rings is 1. The molecule has 2 rings (SSSR count). The Morgan fingerprint density at radius 3 is 2.24 bits per heavy atom. The van der Waals surface area contributed by atoms with Crippen LogP contribution in [0.2, 0.25) is 0 Å². The van der Waals surface area contributed by atoms with Gasteiger partial charge < -0.3 is 9.64 Å². The van der Waals surface area contributed by atoms with Crippen molar-refractivity contribution < 1.29 is 9.53 Å². The van der Waals surface area contributed by atoms with Crippen LogP contribution >= 0.6 is 0 Å². The Morgan fingerprint density at radius 2 is 1.65 bits per heavy atom. The van der Waals surface area contributed by atoms with Gasteiger partial charge in [-0.15, -0.1) is 0 Å². The summed E-state index contributed by atoms with van der Waals surface area (Å²) in [5.74, 6) is 0.216. The molecule has 1 heterocycles. The van der Waals surface area contributed by atoms with Gasteiger partial charge in [-0.25, -0.2) is 0 Å². The Bertz CT molecular complexity index is 337. The van der Waals surface area contributed by atoms with Crippen molar-refractivity contribution in [3.8, 4) is 0 Å². The molecule has 0 unspecified atom stereocenters. The van der Waals surface area contributed by atoms with E-state index in [1.165, 1.54) is 5.56 Å². The van der Waals surface area contributed by atoms with Crippen molar-refractivity contribution in [3.63, 3.8) is 0 Å². The van der Waals surface area contributed by atoms with Crippen molar-refractivity contribution in [3.05, 3.63) is 29.8 Å². The molecule has 0 atom stereocenters. The van der Waals surface area contributed by atoms with E-state index in [1.54, 1.807) is 19.1 Å². The summed E-state index contributed by atoms with van der Waals surface area (Å²) in [5, 5.41) is 0. The Morgan fingerprint density at radius 1 is 1.12 bits per heavy atom. The number of hydrogen-bond acceptors (Lipinski definition) is 2. The second-order valence-electron chi connectivity index (χ2n) is 3.49. The van der Waals surface area contributed by atoms with Gasteiger partial charge in [0.15, 0.2) is 0 Å². The number of hydrogen-bond donors (Lipinski definition) is 0. The standard InChI is InChI=1S/C10H11NO.C2H6O.C2H6/c1-11-9-5-3-2-4-8(9)6-7-10(11)12;1-3-2;1-2/h2-5H,6-7H2,1H3;1-2H3;1-2H3. The highest BCUT2D eigenvalue weighted by Crippen LogP contribution is 2.25. The number of methoxy groups -OCH3 is 1. The van der Waals surface area contributed by atoms with E-state index in [2.05, 4.69) is 10.8 Å². The molecule has 0 fully saturated rings. The average molecular weight is 237 g/mol. The molecule has 3 nitrogen and oxygen atoms in total. The molecular weight excluding hydrogens is 214 g/mol. The molecule has 0 saturated heterocycles. The highest BCUT2D eigenvalue weighted by atomic mass is 16.4. The fourth-order valence-corrected chi connectivity index (χ4v) is 1.59. The number of rotatable bonds is 0. The van der Waals surface area contributed by atoms with Gasteiger partial charge in [0.2, 0.25) is 5.91 Å². The zero-order chi connectivity index (χ0) is 13.3. The minimum absolute atomic E-state index is 0.216. The Labute approximate surface area is 104 Å². The number of nitrogens with zero attached hydrogens (tertiary/aromatic N) is 1. The normalized spacial score (nSPS) is 12.8. The van der Waals surface area contributed by atoms with Crippen molar-refractivity contribution >= 4 is 11.6 Å². The third-order valence-corrected chi connectivity index (χ3v) is 2.34. The highest BCUT2D eigenvalue weighted by molar-refractivity contribution is 5.95. The van der Waals surface area contributed by atoms with Crippen molar-refractivity contribution in [2.45, 2.75) is 26.7 Å². The monoisotopic (exact) mass is 237 g/mol. The molecule has 96 valence electrons. The molecule has 0 saturated carbocycles. The van der Waals surface area contributed by atoms with Crippen LogP contribution in [0.4, 0.5) is 5.69 Å². The molecule has 17 heavy (non-hydrogen) atoms. The van der Waals surface area contributed by atoms with Crippen LogP contribution in [0.5, 0.6) is 0 Å². The van der Waals surface area contributed by atoms with E-state index < -0.39 is 0 Å². The number of carbonyl (C=O) groups is 1. The van der Waals surface area contributed by atoms with Gasteiger partial charge in [0.05, 0.1) is 0 Å². The topological polar surface area (TPSA) is 29.5 Å². The Kier molecular flexibility index (Phi) is 8.07. The number of anilines is 1. The van der Waals surface area contributed by atoms with E-state index in [0.717, 1.165) is 12.1 Å². The van der Waals surface area contributed by atoms with E-state index in [0.29, 0.717) is 6.42 Å². The number of carbonyl (C=O) groups excluding carboxylic acids is 1. The number of para-hydroxylation sites is 1. The summed E-state index contributed by atoms with van der Waals surface area (Å²) in [4.78, 5) is 13.0. The number of aryl methyl sites for hydroxylation is 1. The summed E-state index contributed by atoms with van der Waals surface area (Å²) in [5.41, 5.74) is 2.34. The van der Waals surface area contributed by atoms with E-state index in [1.807, 2.05) is 39.1 Å². The number of fused-ring (bicyclic) bond motifs is 1.